The fraction of sp³-hybridized carbons (Fsp3) is 0.625. The van der Waals surface area contributed by atoms with Crippen molar-refractivity contribution in [2.24, 2.45) is 0 Å². The molecule has 1 aromatic carbocycles. The molecule has 1 aliphatic rings. The number of rotatable bonds is 4. The molecular formula is C16H25BrN2O. The van der Waals surface area contributed by atoms with E-state index in [0.29, 0.717) is 6.04 Å². The highest BCUT2D eigenvalue weighted by molar-refractivity contribution is 9.10. The Morgan fingerprint density at radius 1 is 1.30 bits per heavy atom. The Bertz CT molecular complexity index is 440. The van der Waals surface area contributed by atoms with Crippen LogP contribution in [0.1, 0.15) is 33.3 Å². The number of halogens is 1. The molecule has 0 aromatic heterocycles. The van der Waals surface area contributed by atoms with Gasteiger partial charge in [-0.1, -0.05) is 35.8 Å². The van der Waals surface area contributed by atoms with Gasteiger partial charge in [-0.3, -0.25) is 0 Å². The van der Waals surface area contributed by atoms with Crippen LogP contribution >= 0.6 is 15.9 Å². The molecule has 112 valence electrons. The van der Waals surface area contributed by atoms with Crippen LogP contribution in [0.4, 0.5) is 5.69 Å². The molecule has 3 nitrogen and oxygen atoms in total. The zero-order chi connectivity index (χ0) is 14.7. The molecule has 4 heteroatoms. The maximum Gasteiger partial charge on any atom is 0.0726 e. The van der Waals surface area contributed by atoms with Gasteiger partial charge in [-0.2, -0.15) is 0 Å². The monoisotopic (exact) mass is 340 g/mol. The highest BCUT2D eigenvalue weighted by atomic mass is 79.9. The van der Waals surface area contributed by atoms with Gasteiger partial charge in [0, 0.05) is 35.8 Å². The molecule has 0 spiro atoms. The molecule has 1 aromatic rings. The Kier molecular flexibility index (Phi) is 5.47. The lowest BCUT2D eigenvalue weighted by atomic mass is 10.1. The van der Waals surface area contributed by atoms with E-state index in [4.69, 9.17) is 4.74 Å². The minimum Gasteiger partial charge on any atom is -0.372 e. The summed E-state index contributed by atoms with van der Waals surface area (Å²) in [6.45, 7) is 11.5. The van der Waals surface area contributed by atoms with Crippen molar-refractivity contribution >= 4 is 21.6 Å². The van der Waals surface area contributed by atoms with Gasteiger partial charge in [-0.25, -0.2) is 0 Å². The predicted octanol–water partition coefficient (Wildman–Crippen LogP) is 3.56. The van der Waals surface area contributed by atoms with E-state index in [1.165, 1.54) is 11.3 Å². The van der Waals surface area contributed by atoms with Crippen molar-refractivity contribution in [1.82, 2.24) is 5.32 Å². The molecule has 1 heterocycles. The number of anilines is 1. The first-order valence-electron chi connectivity index (χ1n) is 7.38. The molecule has 1 N–H and O–H groups in total. The van der Waals surface area contributed by atoms with Crippen molar-refractivity contribution in [3.63, 3.8) is 0 Å². The number of nitrogens with zero attached hydrogens (tertiary/aromatic N) is 1. The van der Waals surface area contributed by atoms with Crippen molar-refractivity contribution in [1.29, 1.82) is 0 Å². The van der Waals surface area contributed by atoms with E-state index in [1.807, 2.05) is 0 Å². The summed E-state index contributed by atoms with van der Waals surface area (Å²) in [5.41, 5.74) is 2.66. The summed E-state index contributed by atoms with van der Waals surface area (Å²) in [7, 11) is 0. The van der Waals surface area contributed by atoms with Gasteiger partial charge in [-0.15, -0.1) is 0 Å². The zero-order valence-electron chi connectivity index (χ0n) is 12.8. The van der Waals surface area contributed by atoms with Crippen LogP contribution in [0.3, 0.4) is 0 Å². The quantitative estimate of drug-likeness (QED) is 0.906. The minimum absolute atomic E-state index is 0.281. The van der Waals surface area contributed by atoms with Crippen LogP contribution in [0.2, 0.25) is 0 Å². The average molecular weight is 341 g/mol. The lowest BCUT2D eigenvalue weighted by Gasteiger charge is -2.38. The van der Waals surface area contributed by atoms with Gasteiger partial charge in [0.2, 0.25) is 0 Å². The molecule has 0 saturated carbocycles. The zero-order valence-corrected chi connectivity index (χ0v) is 14.4. The summed E-state index contributed by atoms with van der Waals surface area (Å²) < 4.78 is 6.97. The Morgan fingerprint density at radius 2 is 1.95 bits per heavy atom. The van der Waals surface area contributed by atoms with Crippen LogP contribution in [-0.2, 0) is 11.3 Å². The lowest BCUT2D eigenvalue weighted by molar-refractivity contribution is -0.00527. The first-order valence-corrected chi connectivity index (χ1v) is 8.17. The first kappa shape index (κ1) is 15.8. The van der Waals surface area contributed by atoms with Gasteiger partial charge >= 0.3 is 0 Å². The second-order valence-corrected chi connectivity index (χ2v) is 6.89. The van der Waals surface area contributed by atoms with E-state index in [9.17, 15) is 0 Å². The summed E-state index contributed by atoms with van der Waals surface area (Å²) in [6, 6.07) is 7.05. The maximum absolute atomic E-state index is 5.84. The fourth-order valence-corrected chi connectivity index (χ4v) is 3.02. The fourth-order valence-electron chi connectivity index (χ4n) is 2.67. The standard InChI is InChI=1S/C16H25BrN2O/c1-11(2)18-8-14-5-6-15(17)7-16(14)19-9-12(3)20-13(4)10-19/h5-7,11-13,18H,8-10H2,1-4H3. The summed E-state index contributed by atoms with van der Waals surface area (Å²) in [5.74, 6) is 0. The third-order valence-corrected chi connectivity index (χ3v) is 4.00. The van der Waals surface area contributed by atoms with E-state index in [2.05, 4.69) is 72.0 Å². The number of nitrogens with one attached hydrogen (secondary N) is 1. The molecule has 1 aliphatic heterocycles. The lowest BCUT2D eigenvalue weighted by Crippen LogP contribution is -2.46. The smallest absolute Gasteiger partial charge is 0.0726 e. The van der Waals surface area contributed by atoms with E-state index < -0.39 is 0 Å². The van der Waals surface area contributed by atoms with Gasteiger partial charge in [0.1, 0.15) is 0 Å². The maximum atomic E-state index is 5.84. The summed E-state index contributed by atoms with van der Waals surface area (Å²) in [4.78, 5) is 2.45. The molecule has 2 atom stereocenters. The van der Waals surface area contributed by atoms with E-state index in [-0.39, 0.29) is 12.2 Å². The van der Waals surface area contributed by atoms with Crippen LogP contribution < -0.4 is 10.2 Å². The minimum atomic E-state index is 0.281. The van der Waals surface area contributed by atoms with Gasteiger partial charge in [0.05, 0.1) is 12.2 Å². The first-order chi connectivity index (χ1) is 9.45. The molecule has 0 amide bonds. The van der Waals surface area contributed by atoms with Crippen molar-refractivity contribution in [3.05, 3.63) is 28.2 Å². The van der Waals surface area contributed by atoms with Crippen molar-refractivity contribution in [3.8, 4) is 0 Å². The number of hydrogen-bond acceptors (Lipinski definition) is 3. The molecule has 1 saturated heterocycles. The molecule has 2 unspecified atom stereocenters. The van der Waals surface area contributed by atoms with Crippen LogP contribution in [0.15, 0.2) is 22.7 Å². The molecule has 20 heavy (non-hydrogen) atoms. The predicted molar refractivity (Wildman–Crippen MR) is 88.3 cm³/mol. The van der Waals surface area contributed by atoms with Crippen molar-refractivity contribution in [2.45, 2.75) is 52.5 Å². The van der Waals surface area contributed by atoms with Crippen LogP contribution in [0, 0.1) is 0 Å². The third kappa shape index (κ3) is 4.21. The number of ether oxygens (including phenoxy) is 1. The highest BCUT2D eigenvalue weighted by Gasteiger charge is 2.24. The van der Waals surface area contributed by atoms with Crippen molar-refractivity contribution < 1.29 is 4.74 Å². The number of morpholine rings is 1. The Labute approximate surface area is 130 Å². The van der Waals surface area contributed by atoms with Gasteiger partial charge in [-0.05, 0) is 31.5 Å². The summed E-state index contributed by atoms with van der Waals surface area (Å²) >= 11 is 3.59. The highest BCUT2D eigenvalue weighted by Crippen LogP contribution is 2.28. The largest absolute Gasteiger partial charge is 0.372 e. The molecule has 1 fully saturated rings. The van der Waals surface area contributed by atoms with Crippen LogP contribution in [0.25, 0.3) is 0 Å². The SMILES string of the molecule is CC(C)NCc1ccc(Br)cc1N1CC(C)OC(C)C1. The Hall–Kier alpha value is -0.580. The van der Waals surface area contributed by atoms with E-state index in [1.54, 1.807) is 0 Å². The molecule has 0 bridgehead atoms. The second-order valence-electron chi connectivity index (χ2n) is 5.97. The molecule has 2 rings (SSSR count). The molecule has 0 radical (unpaired) electrons. The normalized spacial score (nSPS) is 23.4. The second kappa shape index (κ2) is 6.92. The third-order valence-electron chi connectivity index (χ3n) is 3.51. The number of benzene rings is 1. The number of hydrogen-bond donors (Lipinski definition) is 1. The molecule has 0 aliphatic carbocycles. The van der Waals surface area contributed by atoms with Gasteiger partial charge < -0.3 is 15.0 Å². The van der Waals surface area contributed by atoms with E-state index >= 15 is 0 Å². The van der Waals surface area contributed by atoms with Crippen LogP contribution in [-0.4, -0.2) is 31.3 Å². The van der Waals surface area contributed by atoms with E-state index in [0.717, 1.165) is 24.1 Å². The van der Waals surface area contributed by atoms with Crippen LogP contribution in [0.5, 0.6) is 0 Å². The molecular weight excluding hydrogens is 316 g/mol. The topological polar surface area (TPSA) is 24.5 Å². The van der Waals surface area contributed by atoms with Crippen molar-refractivity contribution in [2.75, 3.05) is 18.0 Å². The summed E-state index contributed by atoms with van der Waals surface area (Å²) in [6.07, 6.45) is 0.562. The average Bonchev–Trinajstić information content (AvgIpc) is 2.36. The van der Waals surface area contributed by atoms with Gasteiger partial charge in [0.15, 0.2) is 0 Å². The summed E-state index contributed by atoms with van der Waals surface area (Å²) in [5, 5.41) is 3.51. The van der Waals surface area contributed by atoms with Gasteiger partial charge in [0.25, 0.3) is 0 Å². The Morgan fingerprint density at radius 3 is 2.55 bits per heavy atom. The Balaban J connectivity index is 2.21.